The van der Waals surface area contributed by atoms with Crippen LogP contribution in [-0.4, -0.2) is 59.6 Å². The number of aliphatic hydroxyl groups excluding tert-OH is 1. The number of likely N-dealkylation sites (N-methyl/N-ethyl adjacent to an activating group) is 1. The van der Waals surface area contributed by atoms with E-state index in [2.05, 4.69) is 4.90 Å². The van der Waals surface area contributed by atoms with Crippen molar-refractivity contribution in [2.24, 2.45) is 0 Å². The lowest BCUT2D eigenvalue weighted by molar-refractivity contribution is -0.134. The molecule has 1 N–H and O–H groups in total. The number of carbonyl (C=O) groups excluding carboxylic acids is 1. The summed E-state index contributed by atoms with van der Waals surface area (Å²) >= 11 is 0. The molecule has 0 heterocycles. The van der Waals surface area contributed by atoms with Gasteiger partial charge in [0, 0.05) is 32.3 Å². The zero-order valence-electron chi connectivity index (χ0n) is 12.9. The molecule has 4 heteroatoms. The van der Waals surface area contributed by atoms with Crippen molar-refractivity contribution < 1.29 is 9.90 Å². The van der Waals surface area contributed by atoms with E-state index in [-0.39, 0.29) is 12.5 Å². The van der Waals surface area contributed by atoms with Crippen LogP contribution in [0.2, 0.25) is 0 Å². The van der Waals surface area contributed by atoms with E-state index in [1.54, 1.807) is 0 Å². The second kappa shape index (κ2) is 7.99. The summed E-state index contributed by atoms with van der Waals surface area (Å²) in [6, 6.07) is 1.03. The van der Waals surface area contributed by atoms with Crippen molar-refractivity contribution in [2.75, 3.05) is 26.7 Å². The van der Waals surface area contributed by atoms with Gasteiger partial charge in [-0.2, -0.15) is 0 Å². The van der Waals surface area contributed by atoms with Gasteiger partial charge in [0.1, 0.15) is 0 Å². The first-order chi connectivity index (χ1) is 9.72. The molecule has 0 bridgehead atoms. The Hall–Kier alpha value is -0.610. The maximum atomic E-state index is 12.5. The zero-order valence-corrected chi connectivity index (χ0v) is 12.9. The van der Waals surface area contributed by atoms with Crippen LogP contribution in [-0.2, 0) is 4.79 Å². The van der Waals surface area contributed by atoms with Gasteiger partial charge >= 0.3 is 0 Å². The summed E-state index contributed by atoms with van der Waals surface area (Å²) in [6.07, 6.45) is 10.7. The Kier molecular flexibility index (Phi) is 6.30. The lowest BCUT2D eigenvalue weighted by Gasteiger charge is -2.39. The van der Waals surface area contributed by atoms with Crippen LogP contribution in [0.25, 0.3) is 0 Å². The standard InChI is InChI=1S/C16H30N2O2/c1-17(14-7-3-2-4-8-14)16(20)13-18(11-6-12-19)15-9-5-10-15/h14-15,19H,2-13H2,1H3. The molecule has 0 aromatic carbocycles. The van der Waals surface area contributed by atoms with Crippen molar-refractivity contribution in [2.45, 2.75) is 69.9 Å². The quantitative estimate of drug-likeness (QED) is 0.777. The molecule has 2 rings (SSSR count). The largest absolute Gasteiger partial charge is 0.396 e. The lowest BCUT2D eigenvalue weighted by Crippen LogP contribution is -2.49. The highest BCUT2D eigenvalue weighted by atomic mass is 16.3. The van der Waals surface area contributed by atoms with Crippen LogP contribution in [0.15, 0.2) is 0 Å². The van der Waals surface area contributed by atoms with Crippen LogP contribution in [0, 0.1) is 0 Å². The van der Waals surface area contributed by atoms with E-state index >= 15 is 0 Å². The molecule has 0 radical (unpaired) electrons. The number of rotatable bonds is 7. The predicted octanol–water partition coefficient (Wildman–Crippen LogP) is 2.01. The summed E-state index contributed by atoms with van der Waals surface area (Å²) in [4.78, 5) is 16.8. The van der Waals surface area contributed by atoms with E-state index in [1.165, 1.54) is 51.4 Å². The summed E-state index contributed by atoms with van der Waals surface area (Å²) in [5.74, 6) is 0.265. The van der Waals surface area contributed by atoms with E-state index in [4.69, 9.17) is 5.11 Å². The zero-order chi connectivity index (χ0) is 14.4. The molecule has 0 spiro atoms. The van der Waals surface area contributed by atoms with Gasteiger partial charge in [-0.25, -0.2) is 0 Å². The third kappa shape index (κ3) is 4.19. The van der Waals surface area contributed by atoms with Crippen molar-refractivity contribution in [3.63, 3.8) is 0 Å². The Morgan fingerprint density at radius 1 is 1.05 bits per heavy atom. The summed E-state index contributed by atoms with van der Waals surface area (Å²) in [7, 11) is 1.98. The SMILES string of the molecule is CN(C(=O)CN(CCCO)C1CCC1)C1CCCCC1. The molecule has 4 nitrogen and oxygen atoms in total. The minimum absolute atomic E-state index is 0.218. The van der Waals surface area contributed by atoms with E-state index in [1.807, 2.05) is 11.9 Å². The summed E-state index contributed by atoms with van der Waals surface area (Å²) in [5.41, 5.74) is 0. The molecule has 0 aromatic heterocycles. The lowest BCUT2D eigenvalue weighted by atomic mass is 9.91. The fraction of sp³-hybridized carbons (Fsp3) is 0.938. The fourth-order valence-corrected chi connectivity index (χ4v) is 3.37. The summed E-state index contributed by atoms with van der Waals surface area (Å²) < 4.78 is 0. The molecule has 0 saturated heterocycles. The number of hydrogen-bond acceptors (Lipinski definition) is 3. The van der Waals surface area contributed by atoms with Crippen molar-refractivity contribution in [1.29, 1.82) is 0 Å². The van der Waals surface area contributed by atoms with E-state index in [9.17, 15) is 4.79 Å². The molecular weight excluding hydrogens is 252 g/mol. The van der Waals surface area contributed by atoms with Gasteiger partial charge in [-0.15, -0.1) is 0 Å². The van der Waals surface area contributed by atoms with Crippen LogP contribution in [0.1, 0.15) is 57.8 Å². The molecule has 2 aliphatic carbocycles. The van der Waals surface area contributed by atoms with Gasteiger partial charge in [0.15, 0.2) is 0 Å². The van der Waals surface area contributed by atoms with Crippen LogP contribution in [0.5, 0.6) is 0 Å². The molecule has 0 aromatic rings. The van der Waals surface area contributed by atoms with Crippen LogP contribution >= 0.6 is 0 Å². The van der Waals surface area contributed by atoms with Gasteiger partial charge < -0.3 is 10.0 Å². The maximum Gasteiger partial charge on any atom is 0.236 e. The molecule has 20 heavy (non-hydrogen) atoms. The molecule has 2 fully saturated rings. The van der Waals surface area contributed by atoms with Gasteiger partial charge in [0.05, 0.1) is 6.54 Å². The van der Waals surface area contributed by atoms with Crippen molar-refractivity contribution >= 4 is 5.91 Å². The summed E-state index contributed by atoms with van der Waals surface area (Å²) in [6.45, 7) is 1.61. The molecule has 0 aliphatic heterocycles. The van der Waals surface area contributed by atoms with Gasteiger partial charge in [0.25, 0.3) is 0 Å². The van der Waals surface area contributed by atoms with Crippen LogP contribution < -0.4 is 0 Å². The molecule has 0 unspecified atom stereocenters. The van der Waals surface area contributed by atoms with E-state index in [0.29, 0.717) is 18.6 Å². The van der Waals surface area contributed by atoms with Crippen molar-refractivity contribution in [3.05, 3.63) is 0 Å². The van der Waals surface area contributed by atoms with Crippen LogP contribution in [0.3, 0.4) is 0 Å². The first-order valence-electron chi connectivity index (χ1n) is 8.33. The minimum atomic E-state index is 0.218. The monoisotopic (exact) mass is 282 g/mol. The second-order valence-electron chi connectivity index (χ2n) is 6.43. The molecule has 116 valence electrons. The number of nitrogens with zero attached hydrogens (tertiary/aromatic N) is 2. The third-order valence-electron chi connectivity index (χ3n) is 5.05. The first-order valence-corrected chi connectivity index (χ1v) is 8.33. The Labute approximate surface area is 123 Å². The van der Waals surface area contributed by atoms with Gasteiger partial charge in [-0.05, 0) is 32.1 Å². The Morgan fingerprint density at radius 2 is 1.70 bits per heavy atom. The molecule has 2 aliphatic rings. The molecule has 2 saturated carbocycles. The van der Waals surface area contributed by atoms with E-state index < -0.39 is 0 Å². The maximum absolute atomic E-state index is 12.5. The third-order valence-corrected chi connectivity index (χ3v) is 5.05. The predicted molar refractivity (Wildman–Crippen MR) is 80.6 cm³/mol. The molecular formula is C16H30N2O2. The number of aliphatic hydroxyl groups is 1. The Bertz CT molecular complexity index is 299. The minimum Gasteiger partial charge on any atom is -0.396 e. The van der Waals surface area contributed by atoms with Gasteiger partial charge in [-0.3, -0.25) is 9.69 Å². The van der Waals surface area contributed by atoms with Gasteiger partial charge in [-0.1, -0.05) is 25.7 Å². The smallest absolute Gasteiger partial charge is 0.236 e. The highest BCUT2D eigenvalue weighted by Crippen LogP contribution is 2.26. The molecule has 1 amide bonds. The van der Waals surface area contributed by atoms with E-state index in [0.717, 1.165) is 13.0 Å². The highest BCUT2D eigenvalue weighted by Gasteiger charge is 2.28. The fourth-order valence-electron chi connectivity index (χ4n) is 3.37. The number of carbonyl (C=O) groups is 1. The second-order valence-corrected chi connectivity index (χ2v) is 6.43. The Balaban J connectivity index is 1.82. The number of amides is 1. The molecule has 0 atom stereocenters. The summed E-state index contributed by atoms with van der Waals surface area (Å²) in [5, 5.41) is 9.01. The average Bonchev–Trinajstić information content (AvgIpc) is 2.42. The van der Waals surface area contributed by atoms with Crippen LogP contribution in [0.4, 0.5) is 0 Å². The number of hydrogen-bond donors (Lipinski definition) is 1. The first kappa shape index (κ1) is 15.8. The van der Waals surface area contributed by atoms with Gasteiger partial charge in [0.2, 0.25) is 5.91 Å². The Morgan fingerprint density at radius 3 is 2.25 bits per heavy atom. The van der Waals surface area contributed by atoms with Crippen molar-refractivity contribution in [1.82, 2.24) is 9.80 Å². The highest BCUT2D eigenvalue weighted by molar-refractivity contribution is 5.78. The van der Waals surface area contributed by atoms with Crippen molar-refractivity contribution in [3.8, 4) is 0 Å². The average molecular weight is 282 g/mol. The normalized spacial score (nSPS) is 20.9. The topological polar surface area (TPSA) is 43.8 Å².